The zero-order valence-corrected chi connectivity index (χ0v) is 11.1. The summed E-state index contributed by atoms with van der Waals surface area (Å²) < 4.78 is 9.77. The maximum absolute atomic E-state index is 11.2. The van der Waals surface area contributed by atoms with Crippen molar-refractivity contribution in [2.45, 2.75) is 6.42 Å². The highest BCUT2D eigenvalue weighted by Crippen LogP contribution is 2.29. The number of thiophene rings is 1. The summed E-state index contributed by atoms with van der Waals surface area (Å²) in [6.45, 7) is 0. The van der Waals surface area contributed by atoms with Crippen molar-refractivity contribution < 1.29 is 14.3 Å². The molecule has 3 nitrogen and oxygen atoms in total. The molecular weight excluding hydrogens is 248 g/mol. The van der Waals surface area contributed by atoms with Gasteiger partial charge in [-0.15, -0.1) is 11.3 Å². The maximum Gasteiger partial charge on any atom is 0.310 e. The average molecular weight is 262 g/mol. The fourth-order valence-electron chi connectivity index (χ4n) is 1.60. The largest absolute Gasteiger partial charge is 0.497 e. The third-order valence-electron chi connectivity index (χ3n) is 2.58. The lowest BCUT2D eigenvalue weighted by Crippen LogP contribution is -2.02. The van der Waals surface area contributed by atoms with E-state index in [0.29, 0.717) is 6.42 Å². The van der Waals surface area contributed by atoms with Gasteiger partial charge in [0.25, 0.3) is 0 Å². The Hall–Kier alpha value is -1.81. The molecule has 0 saturated heterocycles. The van der Waals surface area contributed by atoms with Gasteiger partial charge in [0.05, 0.1) is 20.6 Å². The van der Waals surface area contributed by atoms with Gasteiger partial charge in [0, 0.05) is 9.75 Å². The minimum absolute atomic E-state index is 0.210. The van der Waals surface area contributed by atoms with E-state index in [1.54, 1.807) is 18.4 Å². The smallest absolute Gasteiger partial charge is 0.310 e. The molecule has 94 valence electrons. The second-order valence-electron chi connectivity index (χ2n) is 3.75. The van der Waals surface area contributed by atoms with Crippen molar-refractivity contribution in [2.75, 3.05) is 14.2 Å². The van der Waals surface area contributed by atoms with E-state index in [-0.39, 0.29) is 5.97 Å². The highest BCUT2D eigenvalue weighted by molar-refractivity contribution is 7.15. The Labute approximate surface area is 110 Å². The van der Waals surface area contributed by atoms with E-state index in [0.717, 1.165) is 21.1 Å². The molecule has 0 amide bonds. The van der Waals surface area contributed by atoms with Gasteiger partial charge < -0.3 is 9.47 Å². The number of carbonyl (C=O) groups excluding carboxylic acids is 1. The second kappa shape index (κ2) is 5.69. The normalized spacial score (nSPS) is 10.1. The van der Waals surface area contributed by atoms with Crippen LogP contribution >= 0.6 is 11.3 Å². The molecular formula is C14H14O3S. The van der Waals surface area contributed by atoms with Crippen molar-refractivity contribution >= 4 is 17.3 Å². The van der Waals surface area contributed by atoms with Gasteiger partial charge in [0.1, 0.15) is 5.75 Å². The summed E-state index contributed by atoms with van der Waals surface area (Å²) in [4.78, 5) is 13.3. The summed E-state index contributed by atoms with van der Waals surface area (Å²) in [5, 5.41) is 0. The summed E-state index contributed by atoms with van der Waals surface area (Å²) in [5.74, 6) is 0.628. The van der Waals surface area contributed by atoms with Crippen molar-refractivity contribution in [3.63, 3.8) is 0 Å². The molecule has 1 aromatic carbocycles. The van der Waals surface area contributed by atoms with Crippen molar-refractivity contribution in [2.24, 2.45) is 0 Å². The fraction of sp³-hybridized carbons (Fsp3) is 0.214. The molecule has 0 aliphatic heterocycles. The lowest BCUT2D eigenvalue weighted by atomic mass is 10.2. The Morgan fingerprint density at radius 3 is 2.44 bits per heavy atom. The van der Waals surface area contributed by atoms with Crippen LogP contribution in [0.1, 0.15) is 4.88 Å². The summed E-state index contributed by atoms with van der Waals surface area (Å²) >= 11 is 1.60. The third kappa shape index (κ3) is 2.90. The Balaban J connectivity index is 2.15. The highest BCUT2D eigenvalue weighted by atomic mass is 32.1. The van der Waals surface area contributed by atoms with Gasteiger partial charge in [-0.3, -0.25) is 4.79 Å². The van der Waals surface area contributed by atoms with E-state index >= 15 is 0 Å². The number of ether oxygens (including phenoxy) is 2. The zero-order chi connectivity index (χ0) is 13.0. The van der Waals surface area contributed by atoms with Gasteiger partial charge >= 0.3 is 5.97 Å². The van der Waals surface area contributed by atoms with Gasteiger partial charge in [-0.2, -0.15) is 0 Å². The predicted octanol–water partition coefficient (Wildman–Crippen LogP) is 3.14. The van der Waals surface area contributed by atoms with Crippen molar-refractivity contribution in [1.29, 1.82) is 0 Å². The summed E-state index contributed by atoms with van der Waals surface area (Å²) in [5.41, 5.74) is 1.12. The second-order valence-corrected chi connectivity index (χ2v) is 4.92. The molecule has 0 aliphatic rings. The van der Waals surface area contributed by atoms with E-state index in [4.69, 9.17) is 4.74 Å². The van der Waals surface area contributed by atoms with Crippen LogP contribution in [0, 0.1) is 0 Å². The van der Waals surface area contributed by atoms with Crippen LogP contribution in [-0.2, 0) is 16.0 Å². The monoisotopic (exact) mass is 262 g/mol. The number of benzene rings is 1. The molecule has 2 rings (SSSR count). The van der Waals surface area contributed by atoms with E-state index < -0.39 is 0 Å². The van der Waals surface area contributed by atoms with Crippen LogP contribution < -0.4 is 4.74 Å². The lowest BCUT2D eigenvalue weighted by Gasteiger charge is -2.01. The van der Waals surface area contributed by atoms with Crippen LogP contribution in [0.5, 0.6) is 5.75 Å². The van der Waals surface area contributed by atoms with Gasteiger partial charge in [-0.05, 0) is 42.0 Å². The van der Waals surface area contributed by atoms with Gasteiger partial charge in [0.2, 0.25) is 0 Å². The van der Waals surface area contributed by atoms with Crippen LogP contribution in [0.3, 0.4) is 0 Å². The van der Waals surface area contributed by atoms with E-state index in [1.807, 2.05) is 36.4 Å². The molecule has 1 aromatic heterocycles. The predicted molar refractivity (Wildman–Crippen MR) is 72.0 cm³/mol. The Morgan fingerprint density at radius 1 is 1.11 bits per heavy atom. The molecule has 2 aromatic rings. The Morgan fingerprint density at radius 2 is 1.83 bits per heavy atom. The maximum atomic E-state index is 11.2. The molecule has 1 heterocycles. The van der Waals surface area contributed by atoms with E-state index in [1.165, 1.54) is 7.11 Å². The number of methoxy groups -OCH3 is 2. The summed E-state index contributed by atoms with van der Waals surface area (Å²) in [7, 11) is 3.05. The first-order valence-corrected chi connectivity index (χ1v) is 6.34. The number of hydrogen-bond acceptors (Lipinski definition) is 4. The molecule has 0 bridgehead atoms. The molecule has 4 heteroatoms. The van der Waals surface area contributed by atoms with Crippen molar-refractivity contribution in [3.05, 3.63) is 41.3 Å². The minimum atomic E-state index is -0.210. The first-order chi connectivity index (χ1) is 8.72. The number of esters is 1. The highest BCUT2D eigenvalue weighted by Gasteiger charge is 2.07. The SMILES string of the molecule is COC(=O)Cc1ccc(-c2ccc(OC)cc2)s1. The number of carbonyl (C=O) groups is 1. The third-order valence-corrected chi connectivity index (χ3v) is 3.72. The molecule has 0 unspecified atom stereocenters. The van der Waals surface area contributed by atoms with E-state index in [2.05, 4.69) is 4.74 Å². The minimum Gasteiger partial charge on any atom is -0.497 e. The van der Waals surface area contributed by atoms with Crippen molar-refractivity contribution in [1.82, 2.24) is 0 Å². The quantitative estimate of drug-likeness (QED) is 0.794. The Bertz CT molecular complexity index is 528. The van der Waals surface area contributed by atoms with Gasteiger partial charge in [-0.1, -0.05) is 0 Å². The first kappa shape index (κ1) is 12.6. The topological polar surface area (TPSA) is 35.5 Å². The molecule has 18 heavy (non-hydrogen) atoms. The number of rotatable bonds is 4. The van der Waals surface area contributed by atoms with Crippen LogP contribution in [0.2, 0.25) is 0 Å². The first-order valence-electron chi connectivity index (χ1n) is 5.53. The van der Waals surface area contributed by atoms with Crippen LogP contribution in [0.15, 0.2) is 36.4 Å². The molecule has 0 radical (unpaired) electrons. The van der Waals surface area contributed by atoms with Crippen LogP contribution in [0.4, 0.5) is 0 Å². The molecule has 0 atom stereocenters. The standard InChI is InChI=1S/C14H14O3S/c1-16-11-5-3-10(4-6-11)13-8-7-12(18-13)9-14(15)17-2/h3-8H,9H2,1-2H3. The molecule has 0 fully saturated rings. The fourth-order valence-corrected chi connectivity index (χ4v) is 2.60. The van der Waals surface area contributed by atoms with Crippen LogP contribution in [-0.4, -0.2) is 20.2 Å². The summed E-state index contributed by atoms with van der Waals surface area (Å²) in [6.07, 6.45) is 0.331. The molecule has 0 aliphatic carbocycles. The molecule has 0 N–H and O–H groups in total. The van der Waals surface area contributed by atoms with E-state index in [9.17, 15) is 4.79 Å². The molecule has 0 saturated carbocycles. The summed E-state index contributed by atoms with van der Waals surface area (Å²) in [6, 6.07) is 11.8. The molecule has 0 spiro atoms. The van der Waals surface area contributed by atoms with Crippen molar-refractivity contribution in [3.8, 4) is 16.2 Å². The average Bonchev–Trinajstić information content (AvgIpc) is 2.87. The zero-order valence-electron chi connectivity index (χ0n) is 10.3. The van der Waals surface area contributed by atoms with Gasteiger partial charge in [0.15, 0.2) is 0 Å². The Kier molecular flexibility index (Phi) is 3.99. The van der Waals surface area contributed by atoms with Gasteiger partial charge in [-0.25, -0.2) is 0 Å². The lowest BCUT2D eigenvalue weighted by molar-refractivity contribution is -0.139. The number of hydrogen-bond donors (Lipinski definition) is 0. The van der Waals surface area contributed by atoms with Crippen LogP contribution in [0.25, 0.3) is 10.4 Å².